The average Bonchev–Trinajstić information content (AvgIpc) is 3.30. The topological polar surface area (TPSA) is 66.8 Å². The fourth-order valence-electron chi connectivity index (χ4n) is 3.91. The highest BCUT2D eigenvalue weighted by molar-refractivity contribution is 5.98. The summed E-state index contributed by atoms with van der Waals surface area (Å²) < 4.78 is 1.94. The highest BCUT2D eigenvalue weighted by Crippen LogP contribution is 2.30. The molecule has 1 aliphatic rings. The lowest BCUT2D eigenvalue weighted by atomic mass is 9.99. The van der Waals surface area contributed by atoms with Crippen LogP contribution in [0.3, 0.4) is 0 Å². The number of carbonyl (C=O) groups is 1. The molecule has 6 nitrogen and oxygen atoms in total. The number of hydrogen-bond acceptors (Lipinski definition) is 3. The third-order valence-corrected chi connectivity index (χ3v) is 5.22. The highest BCUT2D eigenvalue weighted by atomic mass is 16.2. The Kier molecular flexibility index (Phi) is 3.57. The number of H-pyrrole nitrogens is 1. The first-order valence-electron chi connectivity index (χ1n) is 9.03. The Labute approximate surface area is 156 Å². The van der Waals surface area contributed by atoms with E-state index in [1.807, 2.05) is 53.0 Å². The van der Waals surface area contributed by atoms with E-state index < -0.39 is 0 Å². The first kappa shape index (κ1) is 15.8. The number of aromatic amines is 1. The van der Waals surface area contributed by atoms with Crippen molar-refractivity contribution in [1.82, 2.24) is 24.9 Å². The lowest BCUT2D eigenvalue weighted by molar-refractivity contribution is 0.0732. The van der Waals surface area contributed by atoms with Crippen LogP contribution in [0, 0.1) is 0 Å². The zero-order chi connectivity index (χ0) is 18.4. The van der Waals surface area contributed by atoms with Crippen molar-refractivity contribution in [2.24, 2.45) is 7.05 Å². The molecule has 1 amide bonds. The lowest BCUT2D eigenvalue weighted by Crippen LogP contribution is -2.35. The standard InChI is InChI=1S/C21H19N5O/c1-25-20(14-5-3-2-4-6-14)17-9-10-26(13-19(17)24-25)21(27)15-7-8-18-16(11-15)12-22-23-18/h2-8,11-12H,9-10,13H2,1H3,(H,22,23). The summed E-state index contributed by atoms with van der Waals surface area (Å²) in [5.41, 5.74) is 6.17. The van der Waals surface area contributed by atoms with E-state index >= 15 is 0 Å². The van der Waals surface area contributed by atoms with Crippen LogP contribution in [0.5, 0.6) is 0 Å². The maximum Gasteiger partial charge on any atom is 0.254 e. The van der Waals surface area contributed by atoms with Crippen LogP contribution < -0.4 is 0 Å². The molecule has 0 saturated heterocycles. The second-order valence-electron chi connectivity index (χ2n) is 6.91. The Morgan fingerprint density at radius 3 is 2.85 bits per heavy atom. The van der Waals surface area contributed by atoms with Crippen LogP contribution >= 0.6 is 0 Å². The van der Waals surface area contributed by atoms with Crippen LogP contribution in [0.15, 0.2) is 54.7 Å². The van der Waals surface area contributed by atoms with E-state index in [4.69, 9.17) is 5.10 Å². The van der Waals surface area contributed by atoms with E-state index in [-0.39, 0.29) is 5.91 Å². The summed E-state index contributed by atoms with van der Waals surface area (Å²) in [5.74, 6) is 0.0377. The van der Waals surface area contributed by atoms with E-state index in [1.54, 1.807) is 6.20 Å². The zero-order valence-electron chi connectivity index (χ0n) is 15.0. The Morgan fingerprint density at radius 1 is 1.15 bits per heavy atom. The van der Waals surface area contributed by atoms with Crippen molar-refractivity contribution in [1.29, 1.82) is 0 Å². The number of carbonyl (C=O) groups excluding carboxylic acids is 1. The number of amides is 1. The highest BCUT2D eigenvalue weighted by Gasteiger charge is 2.27. The largest absolute Gasteiger partial charge is 0.332 e. The lowest BCUT2D eigenvalue weighted by Gasteiger charge is -2.26. The molecule has 0 unspecified atom stereocenters. The predicted octanol–water partition coefficient (Wildman–Crippen LogP) is 3.16. The van der Waals surface area contributed by atoms with Crippen molar-refractivity contribution in [3.8, 4) is 11.3 Å². The van der Waals surface area contributed by atoms with E-state index in [0.717, 1.165) is 28.7 Å². The zero-order valence-corrected chi connectivity index (χ0v) is 15.0. The van der Waals surface area contributed by atoms with E-state index in [1.165, 1.54) is 11.1 Å². The first-order chi connectivity index (χ1) is 13.2. The summed E-state index contributed by atoms with van der Waals surface area (Å²) in [5, 5.41) is 12.6. The molecule has 0 saturated carbocycles. The molecule has 2 aromatic carbocycles. The molecule has 0 aliphatic carbocycles. The van der Waals surface area contributed by atoms with Gasteiger partial charge >= 0.3 is 0 Å². The molecule has 5 rings (SSSR count). The quantitative estimate of drug-likeness (QED) is 0.599. The molecule has 0 radical (unpaired) electrons. The van der Waals surface area contributed by atoms with Crippen molar-refractivity contribution in [2.75, 3.05) is 6.54 Å². The van der Waals surface area contributed by atoms with E-state index in [9.17, 15) is 4.79 Å². The molecule has 27 heavy (non-hydrogen) atoms. The van der Waals surface area contributed by atoms with Crippen LogP contribution in [0.2, 0.25) is 0 Å². The molecule has 6 heteroatoms. The van der Waals surface area contributed by atoms with Gasteiger partial charge in [-0.3, -0.25) is 14.6 Å². The van der Waals surface area contributed by atoms with Crippen molar-refractivity contribution in [2.45, 2.75) is 13.0 Å². The third kappa shape index (κ3) is 2.61. The van der Waals surface area contributed by atoms with Gasteiger partial charge in [0.15, 0.2) is 0 Å². The molecular formula is C21H19N5O. The molecule has 1 N–H and O–H groups in total. The summed E-state index contributed by atoms with van der Waals surface area (Å²) in [4.78, 5) is 14.9. The van der Waals surface area contributed by atoms with Gasteiger partial charge in [0.25, 0.3) is 5.91 Å². The number of fused-ring (bicyclic) bond motifs is 2. The summed E-state index contributed by atoms with van der Waals surface area (Å²) >= 11 is 0. The molecule has 3 heterocycles. The fraction of sp³-hybridized carbons (Fsp3) is 0.190. The summed E-state index contributed by atoms with van der Waals surface area (Å²) in [6.07, 6.45) is 2.55. The Morgan fingerprint density at radius 2 is 2.00 bits per heavy atom. The molecule has 0 bridgehead atoms. The van der Waals surface area contributed by atoms with Gasteiger partial charge in [-0.05, 0) is 24.6 Å². The molecule has 0 atom stereocenters. The van der Waals surface area contributed by atoms with Gasteiger partial charge in [0.05, 0.1) is 29.6 Å². The maximum absolute atomic E-state index is 13.0. The van der Waals surface area contributed by atoms with Crippen molar-refractivity contribution >= 4 is 16.8 Å². The van der Waals surface area contributed by atoms with E-state index in [2.05, 4.69) is 22.3 Å². The number of nitrogens with zero attached hydrogens (tertiary/aromatic N) is 4. The molecule has 2 aromatic heterocycles. The van der Waals surface area contributed by atoms with Crippen LogP contribution in [0.25, 0.3) is 22.2 Å². The number of aromatic nitrogens is 4. The monoisotopic (exact) mass is 357 g/mol. The van der Waals surface area contributed by atoms with Gasteiger partial charge in [-0.1, -0.05) is 30.3 Å². The second-order valence-corrected chi connectivity index (χ2v) is 6.91. The normalized spacial score (nSPS) is 13.7. The van der Waals surface area contributed by atoms with Crippen LogP contribution in [0.1, 0.15) is 21.6 Å². The Hall–Kier alpha value is -3.41. The van der Waals surface area contributed by atoms with Gasteiger partial charge in [-0.25, -0.2) is 0 Å². The van der Waals surface area contributed by atoms with Crippen LogP contribution in [0.4, 0.5) is 0 Å². The van der Waals surface area contributed by atoms with Gasteiger partial charge in [-0.2, -0.15) is 10.2 Å². The van der Waals surface area contributed by atoms with Gasteiger partial charge in [0.1, 0.15) is 0 Å². The van der Waals surface area contributed by atoms with E-state index in [0.29, 0.717) is 18.7 Å². The Balaban J connectivity index is 1.45. The number of hydrogen-bond donors (Lipinski definition) is 1. The van der Waals surface area contributed by atoms with Crippen molar-refractivity contribution < 1.29 is 4.79 Å². The maximum atomic E-state index is 13.0. The summed E-state index contributed by atoms with van der Waals surface area (Å²) in [7, 11) is 1.97. The minimum Gasteiger partial charge on any atom is -0.332 e. The summed E-state index contributed by atoms with van der Waals surface area (Å²) in [6, 6.07) is 16.0. The molecule has 0 spiro atoms. The molecule has 1 aliphatic heterocycles. The molecular weight excluding hydrogens is 338 g/mol. The van der Waals surface area contributed by atoms with Gasteiger partial charge in [0.2, 0.25) is 0 Å². The van der Waals surface area contributed by atoms with Gasteiger partial charge in [0, 0.05) is 35.7 Å². The number of benzene rings is 2. The van der Waals surface area contributed by atoms with Gasteiger partial charge < -0.3 is 4.90 Å². The molecule has 0 fully saturated rings. The summed E-state index contributed by atoms with van der Waals surface area (Å²) in [6.45, 7) is 1.24. The number of rotatable bonds is 2. The van der Waals surface area contributed by atoms with Crippen LogP contribution in [-0.4, -0.2) is 37.3 Å². The van der Waals surface area contributed by atoms with Crippen molar-refractivity contribution in [3.63, 3.8) is 0 Å². The fourth-order valence-corrected chi connectivity index (χ4v) is 3.91. The van der Waals surface area contributed by atoms with Crippen molar-refractivity contribution in [3.05, 3.63) is 71.5 Å². The molecule has 4 aromatic rings. The SMILES string of the molecule is Cn1nc2c(c1-c1ccccc1)CCN(C(=O)c1ccc3[nH]ncc3c1)C2. The third-order valence-electron chi connectivity index (χ3n) is 5.22. The van der Waals surface area contributed by atoms with Gasteiger partial charge in [-0.15, -0.1) is 0 Å². The average molecular weight is 357 g/mol. The first-order valence-corrected chi connectivity index (χ1v) is 9.03. The Bertz CT molecular complexity index is 1140. The second kappa shape index (κ2) is 6.09. The van der Waals surface area contributed by atoms with Crippen LogP contribution in [-0.2, 0) is 20.0 Å². The number of aryl methyl sites for hydroxylation is 1. The predicted molar refractivity (Wildman–Crippen MR) is 103 cm³/mol. The molecule has 134 valence electrons. The number of nitrogens with one attached hydrogen (secondary N) is 1. The minimum atomic E-state index is 0.0377. The smallest absolute Gasteiger partial charge is 0.254 e. The minimum absolute atomic E-state index is 0.0377.